The van der Waals surface area contributed by atoms with E-state index in [2.05, 4.69) is 5.32 Å². The number of methoxy groups -OCH3 is 1. The highest BCUT2D eigenvalue weighted by molar-refractivity contribution is 5.87. The molecular formula is C18H25NO4. The zero-order chi connectivity index (χ0) is 17.5. The van der Waals surface area contributed by atoms with Crippen molar-refractivity contribution in [2.45, 2.75) is 39.7 Å². The van der Waals surface area contributed by atoms with Gasteiger partial charge in [-0.1, -0.05) is 44.2 Å². The molecule has 0 saturated carbocycles. The quantitative estimate of drug-likeness (QED) is 0.723. The van der Waals surface area contributed by atoms with Crippen molar-refractivity contribution in [1.29, 1.82) is 0 Å². The minimum Gasteiger partial charge on any atom is -0.496 e. The summed E-state index contributed by atoms with van der Waals surface area (Å²) in [5.74, 6) is -0.609. The number of rotatable bonds is 8. The van der Waals surface area contributed by atoms with Crippen LogP contribution in [0.1, 0.15) is 32.8 Å². The first kappa shape index (κ1) is 18.7. The number of para-hydroxylation sites is 1. The molecule has 5 heteroatoms. The van der Waals surface area contributed by atoms with E-state index in [1.165, 1.54) is 0 Å². The number of nitrogens with one attached hydrogen (secondary N) is 1. The van der Waals surface area contributed by atoms with Crippen LogP contribution in [0.25, 0.3) is 0 Å². The number of carbonyl (C=O) groups is 2. The van der Waals surface area contributed by atoms with Crippen LogP contribution in [0.5, 0.6) is 5.75 Å². The summed E-state index contributed by atoms with van der Waals surface area (Å²) in [7, 11) is 1.59. The van der Waals surface area contributed by atoms with Gasteiger partial charge in [0.25, 0.3) is 0 Å². The van der Waals surface area contributed by atoms with Crippen LogP contribution in [0.3, 0.4) is 0 Å². The van der Waals surface area contributed by atoms with Crippen LogP contribution in [-0.4, -0.2) is 30.1 Å². The Labute approximate surface area is 137 Å². The summed E-state index contributed by atoms with van der Waals surface area (Å²) in [6, 6.07) is 6.58. The largest absolute Gasteiger partial charge is 0.496 e. The molecule has 0 saturated heterocycles. The Hall–Kier alpha value is -2.30. The predicted molar refractivity (Wildman–Crippen MR) is 89.5 cm³/mol. The monoisotopic (exact) mass is 319 g/mol. The molecule has 23 heavy (non-hydrogen) atoms. The highest BCUT2D eigenvalue weighted by Gasteiger charge is 2.32. The lowest BCUT2D eigenvalue weighted by atomic mass is 9.84. The van der Waals surface area contributed by atoms with Crippen LogP contribution in [0, 0.1) is 5.41 Å². The predicted octanol–water partition coefficient (Wildman–Crippen LogP) is 2.80. The summed E-state index contributed by atoms with van der Waals surface area (Å²) < 4.78 is 5.31. The molecule has 0 aliphatic carbocycles. The van der Waals surface area contributed by atoms with E-state index in [1.807, 2.05) is 31.2 Å². The third-order valence-corrected chi connectivity index (χ3v) is 3.65. The fourth-order valence-corrected chi connectivity index (χ4v) is 2.25. The molecule has 0 radical (unpaired) electrons. The number of ether oxygens (including phenoxy) is 1. The molecule has 0 aromatic heterocycles. The highest BCUT2D eigenvalue weighted by Crippen LogP contribution is 2.28. The summed E-state index contributed by atoms with van der Waals surface area (Å²) in [6.45, 7) is 5.40. The molecular weight excluding hydrogens is 294 g/mol. The Bertz CT molecular complexity index is 578. The van der Waals surface area contributed by atoms with E-state index < -0.39 is 17.4 Å². The van der Waals surface area contributed by atoms with E-state index >= 15 is 0 Å². The maximum Gasteiger partial charge on any atom is 0.326 e. The maximum atomic E-state index is 12.5. The average Bonchev–Trinajstić information content (AvgIpc) is 2.51. The second kappa shape index (κ2) is 8.36. The van der Waals surface area contributed by atoms with Gasteiger partial charge in [-0.25, -0.2) is 4.79 Å². The Balaban J connectivity index is 2.85. The molecule has 0 bridgehead atoms. The first-order valence-electron chi connectivity index (χ1n) is 7.58. The number of carboxylic acids is 1. The van der Waals surface area contributed by atoms with Gasteiger partial charge in [0, 0.05) is 5.41 Å². The molecule has 2 N–H and O–H groups in total. The second-order valence-electron chi connectivity index (χ2n) is 6.04. The van der Waals surface area contributed by atoms with Gasteiger partial charge in [0.15, 0.2) is 0 Å². The number of aliphatic carboxylic acids is 1. The normalized spacial score (nSPS) is 12.9. The van der Waals surface area contributed by atoms with Crippen molar-refractivity contribution in [3.8, 4) is 5.75 Å². The number of hydrogen-bond donors (Lipinski definition) is 2. The third kappa shape index (κ3) is 5.43. The van der Waals surface area contributed by atoms with Gasteiger partial charge in [-0.2, -0.15) is 0 Å². The van der Waals surface area contributed by atoms with Gasteiger partial charge >= 0.3 is 5.97 Å². The van der Waals surface area contributed by atoms with Gasteiger partial charge in [-0.15, -0.1) is 0 Å². The number of carboxylic acid groups (broad SMARTS) is 1. The van der Waals surface area contributed by atoms with Crippen molar-refractivity contribution in [2.24, 2.45) is 5.41 Å². The van der Waals surface area contributed by atoms with Crippen molar-refractivity contribution in [3.05, 3.63) is 42.0 Å². The molecule has 1 rings (SSSR count). The van der Waals surface area contributed by atoms with E-state index in [9.17, 15) is 14.7 Å². The lowest BCUT2D eigenvalue weighted by molar-refractivity contribution is -0.143. The van der Waals surface area contributed by atoms with Crippen molar-refractivity contribution in [3.63, 3.8) is 0 Å². The average molecular weight is 319 g/mol. The van der Waals surface area contributed by atoms with E-state index in [0.29, 0.717) is 6.42 Å². The molecule has 1 amide bonds. The van der Waals surface area contributed by atoms with E-state index in [1.54, 1.807) is 33.1 Å². The van der Waals surface area contributed by atoms with Crippen molar-refractivity contribution in [1.82, 2.24) is 5.32 Å². The first-order chi connectivity index (χ1) is 10.8. The van der Waals surface area contributed by atoms with E-state index in [0.717, 1.165) is 11.3 Å². The molecule has 5 nitrogen and oxygen atoms in total. The second-order valence-corrected chi connectivity index (χ2v) is 6.04. The molecule has 126 valence electrons. The maximum absolute atomic E-state index is 12.5. The van der Waals surface area contributed by atoms with Crippen LogP contribution in [0.2, 0.25) is 0 Å². The van der Waals surface area contributed by atoms with Gasteiger partial charge in [0.1, 0.15) is 11.8 Å². The lowest BCUT2D eigenvalue weighted by Gasteiger charge is -2.26. The van der Waals surface area contributed by atoms with E-state index in [-0.39, 0.29) is 12.3 Å². The molecule has 0 aliphatic rings. The zero-order valence-electron chi connectivity index (χ0n) is 14.1. The topological polar surface area (TPSA) is 75.6 Å². The van der Waals surface area contributed by atoms with E-state index in [4.69, 9.17) is 4.74 Å². The molecule has 1 atom stereocenters. The first-order valence-corrected chi connectivity index (χ1v) is 7.58. The zero-order valence-corrected chi connectivity index (χ0v) is 14.1. The SMILES string of the molecule is C/C=C/CC(NC(=O)C(C)(C)Cc1ccccc1OC)C(=O)O. The molecule has 0 fully saturated rings. The summed E-state index contributed by atoms with van der Waals surface area (Å²) in [5.41, 5.74) is 0.161. The summed E-state index contributed by atoms with van der Waals surface area (Å²) in [4.78, 5) is 23.8. The van der Waals surface area contributed by atoms with Gasteiger partial charge < -0.3 is 15.2 Å². The van der Waals surface area contributed by atoms with Crippen LogP contribution in [-0.2, 0) is 16.0 Å². The minimum absolute atomic E-state index is 0.266. The minimum atomic E-state index is -1.04. The Kier molecular flexibility index (Phi) is 6.82. The lowest BCUT2D eigenvalue weighted by Crippen LogP contribution is -2.47. The van der Waals surface area contributed by atoms with Crippen LogP contribution in [0.15, 0.2) is 36.4 Å². The fourth-order valence-electron chi connectivity index (χ4n) is 2.25. The molecule has 1 aromatic carbocycles. The molecule has 1 unspecified atom stereocenters. The molecule has 0 spiro atoms. The highest BCUT2D eigenvalue weighted by atomic mass is 16.5. The Morgan fingerprint density at radius 3 is 2.57 bits per heavy atom. The van der Waals surface area contributed by atoms with Crippen LogP contribution < -0.4 is 10.1 Å². The molecule has 0 aliphatic heterocycles. The van der Waals surface area contributed by atoms with Crippen molar-refractivity contribution >= 4 is 11.9 Å². The fraction of sp³-hybridized carbons (Fsp3) is 0.444. The Morgan fingerprint density at radius 1 is 1.35 bits per heavy atom. The number of benzene rings is 1. The third-order valence-electron chi connectivity index (χ3n) is 3.65. The van der Waals surface area contributed by atoms with Gasteiger partial charge in [0.05, 0.1) is 7.11 Å². The van der Waals surface area contributed by atoms with Crippen LogP contribution >= 0.6 is 0 Å². The van der Waals surface area contributed by atoms with Gasteiger partial charge in [-0.3, -0.25) is 4.79 Å². The van der Waals surface area contributed by atoms with Crippen molar-refractivity contribution < 1.29 is 19.4 Å². The summed E-state index contributed by atoms with van der Waals surface area (Å²) in [5, 5.41) is 11.8. The van der Waals surface area contributed by atoms with Crippen LogP contribution in [0.4, 0.5) is 0 Å². The Morgan fingerprint density at radius 2 is 2.00 bits per heavy atom. The van der Waals surface area contributed by atoms with Gasteiger partial charge in [-0.05, 0) is 31.4 Å². The number of carbonyl (C=O) groups excluding carboxylic acids is 1. The summed E-state index contributed by atoms with van der Waals surface area (Å²) >= 11 is 0. The van der Waals surface area contributed by atoms with Crippen molar-refractivity contribution in [2.75, 3.05) is 7.11 Å². The number of hydrogen-bond acceptors (Lipinski definition) is 3. The summed E-state index contributed by atoms with van der Waals surface area (Å²) in [6.07, 6.45) is 4.22. The standard InChI is InChI=1S/C18H25NO4/c1-5-6-10-14(16(20)21)19-17(22)18(2,3)12-13-9-7-8-11-15(13)23-4/h5-9,11,14H,10,12H2,1-4H3,(H,19,22)(H,20,21)/b6-5+. The molecule has 0 heterocycles. The molecule has 1 aromatic rings. The smallest absolute Gasteiger partial charge is 0.326 e. The number of allylic oxidation sites excluding steroid dienone is 1. The number of amides is 1. The van der Waals surface area contributed by atoms with Gasteiger partial charge in [0.2, 0.25) is 5.91 Å².